The van der Waals surface area contributed by atoms with Gasteiger partial charge in [0, 0.05) is 25.2 Å². The zero-order chi connectivity index (χ0) is 14.5. The van der Waals surface area contributed by atoms with Crippen LogP contribution in [0.4, 0.5) is 0 Å². The standard InChI is InChI=1S/C13H28N2O3S/c1-4-13(2,10-11-16)14-19(17,18)15(3)12-8-6-5-7-9-12/h12,14,16H,4-11H2,1-3H3. The summed E-state index contributed by atoms with van der Waals surface area (Å²) in [4.78, 5) is 0. The van der Waals surface area contributed by atoms with Gasteiger partial charge in [-0.1, -0.05) is 26.2 Å². The highest BCUT2D eigenvalue weighted by Gasteiger charge is 2.33. The first-order valence-corrected chi connectivity index (χ1v) is 8.66. The van der Waals surface area contributed by atoms with Crippen LogP contribution in [0.1, 0.15) is 58.8 Å². The van der Waals surface area contributed by atoms with Crippen molar-refractivity contribution in [3.8, 4) is 0 Å². The topological polar surface area (TPSA) is 69.6 Å². The van der Waals surface area contributed by atoms with Gasteiger partial charge < -0.3 is 5.11 Å². The van der Waals surface area contributed by atoms with E-state index in [9.17, 15) is 8.42 Å². The first kappa shape index (κ1) is 16.9. The zero-order valence-electron chi connectivity index (χ0n) is 12.4. The highest BCUT2D eigenvalue weighted by molar-refractivity contribution is 7.87. The Morgan fingerprint density at radius 3 is 2.37 bits per heavy atom. The van der Waals surface area contributed by atoms with E-state index in [2.05, 4.69) is 4.72 Å². The van der Waals surface area contributed by atoms with Crippen LogP contribution in [0, 0.1) is 0 Å². The molecule has 0 radical (unpaired) electrons. The van der Waals surface area contributed by atoms with Crippen LogP contribution in [0.2, 0.25) is 0 Å². The molecule has 6 heteroatoms. The number of hydrogen-bond acceptors (Lipinski definition) is 3. The quantitative estimate of drug-likeness (QED) is 0.749. The molecule has 0 aromatic rings. The second kappa shape index (κ2) is 7.02. The third-order valence-corrected chi connectivity index (χ3v) is 6.09. The van der Waals surface area contributed by atoms with E-state index in [1.807, 2.05) is 13.8 Å². The SMILES string of the molecule is CCC(C)(CCO)NS(=O)(=O)N(C)C1CCCCC1. The molecule has 0 aromatic carbocycles. The maximum Gasteiger partial charge on any atom is 0.279 e. The number of aliphatic hydroxyl groups excluding tert-OH is 1. The van der Waals surface area contributed by atoms with Crippen LogP contribution in [0.25, 0.3) is 0 Å². The second-order valence-corrected chi connectivity index (χ2v) is 7.53. The molecule has 1 unspecified atom stereocenters. The lowest BCUT2D eigenvalue weighted by atomic mass is 9.96. The molecule has 1 saturated carbocycles. The van der Waals surface area contributed by atoms with Gasteiger partial charge in [0.1, 0.15) is 0 Å². The summed E-state index contributed by atoms with van der Waals surface area (Å²) in [5.74, 6) is 0. The molecule has 0 saturated heterocycles. The van der Waals surface area contributed by atoms with Crippen molar-refractivity contribution in [3.63, 3.8) is 0 Å². The van der Waals surface area contributed by atoms with Crippen molar-refractivity contribution in [1.82, 2.24) is 9.03 Å². The van der Waals surface area contributed by atoms with Gasteiger partial charge in [-0.25, -0.2) is 0 Å². The third kappa shape index (κ3) is 4.70. The van der Waals surface area contributed by atoms with Crippen LogP contribution in [0.3, 0.4) is 0 Å². The lowest BCUT2D eigenvalue weighted by Crippen LogP contribution is -2.53. The average Bonchev–Trinajstić information content (AvgIpc) is 2.38. The van der Waals surface area contributed by atoms with Crippen LogP contribution in [0.15, 0.2) is 0 Å². The summed E-state index contributed by atoms with van der Waals surface area (Å²) in [7, 11) is -1.82. The molecular weight excluding hydrogens is 264 g/mol. The van der Waals surface area contributed by atoms with Crippen LogP contribution in [0.5, 0.6) is 0 Å². The third-order valence-electron chi connectivity index (χ3n) is 4.29. The van der Waals surface area contributed by atoms with Gasteiger partial charge in [-0.3, -0.25) is 0 Å². The summed E-state index contributed by atoms with van der Waals surface area (Å²) in [6.07, 6.45) is 6.39. The van der Waals surface area contributed by atoms with Crippen molar-refractivity contribution in [2.24, 2.45) is 0 Å². The van der Waals surface area contributed by atoms with Crippen molar-refractivity contribution >= 4 is 10.2 Å². The van der Waals surface area contributed by atoms with Crippen molar-refractivity contribution in [1.29, 1.82) is 0 Å². The molecular formula is C13H28N2O3S. The molecule has 19 heavy (non-hydrogen) atoms. The van der Waals surface area contributed by atoms with Crippen molar-refractivity contribution < 1.29 is 13.5 Å². The second-order valence-electron chi connectivity index (χ2n) is 5.80. The summed E-state index contributed by atoms with van der Waals surface area (Å²) in [6.45, 7) is 3.76. The number of hydrogen-bond donors (Lipinski definition) is 2. The van der Waals surface area contributed by atoms with E-state index in [0.29, 0.717) is 12.8 Å². The lowest BCUT2D eigenvalue weighted by Gasteiger charge is -2.35. The molecule has 0 spiro atoms. The highest BCUT2D eigenvalue weighted by Crippen LogP contribution is 2.24. The van der Waals surface area contributed by atoms with Crippen molar-refractivity contribution in [3.05, 3.63) is 0 Å². The van der Waals surface area contributed by atoms with Crippen molar-refractivity contribution in [2.45, 2.75) is 70.4 Å². The van der Waals surface area contributed by atoms with E-state index in [0.717, 1.165) is 25.7 Å². The Labute approximate surface area is 117 Å². The van der Waals surface area contributed by atoms with Gasteiger partial charge in [0.25, 0.3) is 10.2 Å². The summed E-state index contributed by atoms with van der Waals surface area (Å²) in [5.41, 5.74) is -0.573. The van der Waals surface area contributed by atoms with Gasteiger partial charge >= 0.3 is 0 Å². The van der Waals surface area contributed by atoms with E-state index in [1.165, 1.54) is 10.7 Å². The molecule has 0 bridgehead atoms. The Balaban J connectivity index is 2.73. The fourth-order valence-corrected chi connectivity index (χ4v) is 4.19. The zero-order valence-corrected chi connectivity index (χ0v) is 13.2. The lowest BCUT2D eigenvalue weighted by molar-refractivity contribution is 0.226. The Bertz CT molecular complexity index is 366. The molecule has 1 rings (SSSR count). The monoisotopic (exact) mass is 292 g/mol. The summed E-state index contributed by atoms with van der Waals surface area (Å²) in [6, 6.07) is 0.112. The molecule has 0 aromatic heterocycles. The molecule has 114 valence electrons. The van der Waals surface area contributed by atoms with E-state index >= 15 is 0 Å². The van der Waals surface area contributed by atoms with Gasteiger partial charge in [-0.15, -0.1) is 0 Å². The van der Waals surface area contributed by atoms with E-state index in [-0.39, 0.29) is 12.6 Å². The predicted molar refractivity (Wildman–Crippen MR) is 77.1 cm³/mol. The van der Waals surface area contributed by atoms with Crippen LogP contribution >= 0.6 is 0 Å². The van der Waals surface area contributed by atoms with Gasteiger partial charge in [0.15, 0.2) is 0 Å². The molecule has 1 aliphatic carbocycles. The van der Waals surface area contributed by atoms with Gasteiger partial charge in [0.05, 0.1) is 0 Å². The first-order chi connectivity index (χ1) is 8.84. The van der Waals surface area contributed by atoms with Crippen LogP contribution < -0.4 is 4.72 Å². The Kier molecular flexibility index (Phi) is 6.23. The predicted octanol–water partition coefficient (Wildman–Crippen LogP) is 1.64. The number of rotatable bonds is 7. The Morgan fingerprint density at radius 2 is 1.89 bits per heavy atom. The molecule has 5 nitrogen and oxygen atoms in total. The minimum absolute atomic E-state index is 0.0139. The Hall–Kier alpha value is -0.170. The van der Waals surface area contributed by atoms with E-state index < -0.39 is 15.7 Å². The summed E-state index contributed by atoms with van der Waals surface area (Å²) >= 11 is 0. The molecule has 2 N–H and O–H groups in total. The molecule has 1 atom stereocenters. The van der Waals surface area contributed by atoms with Gasteiger partial charge in [-0.05, 0) is 32.6 Å². The van der Waals surface area contributed by atoms with Crippen LogP contribution in [-0.2, 0) is 10.2 Å². The fraction of sp³-hybridized carbons (Fsp3) is 1.00. The van der Waals surface area contributed by atoms with Gasteiger partial charge in [0.2, 0.25) is 0 Å². The van der Waals surface area contributed by atoms with E-state index in [1.54, 1.807) is 7.05 Å². The largest absolute Gasteiger partial charge is 0.396 e. The minimum atomic E-state index is -3.48. The first-order valence-electron chi connectivity index (χ1n) is 7.22. The molecule has 0 aliphatic heterocycles. The summed E-state index contributed by atoms with van der Waals surface area (Å²) in [5, 5.41) is 9.07. The smallest absolute Gasteiger partial charge is 0.279 e. The van der Waals surface area contributed by atoms with E-state index in [4.69, 9.17) is 5.11 Å². The highest BCUT2D eigenvalue weighted by atomic mass is 32.2. The molecule has 0 amide bonds. The number of nitrogens with zero attached hydrogens (tertiary/aromatic N) is 1. The Morgan fingerprint density at radius 1 is 1.32 bits per heavy atom. The normalized spacial score (nSPS) is 21.5. The van der Waals surface area contributed by atoms with Gasteiger partial charge in [-0.2, -0.15) is 17.4 Å². The molecule has 1 fully saturated rings. The molecule has 1 aliphatic rings. The maximum atomic E-state index is 12.4. The minimum Gasteiger partial charge on any atom is -0.396 e. The van der Waals surface area contributed by atoms with Crippen LogP contribution in [-0.4, -0.2) is 43.1 Å². The van der Waals surface area contributed by atoms with Crippen molar-refractivity contribution in [2.75, 3.05) is 13.7 Å². The molecule has 0 heterocycles. The number of aliphatic hydroxyl groups is 1. The fourth-order valence-electron chi connectivity index (χ4n) is 2.57. The number of nitrogens with one attached hydrogen (secondary N) is 1. The average molecular weight is 292 g/mol. The maximum absolute atomic E-state index is 12.4. The summed E-state index contributed by atoms with van der Waals surface area (Å²) < 4.78 is 29.1.